The monoisotopic (exact) mass is 290 g/mol. The maximum atomic E-state index is 10.1. The largest absolute Gasteiger partial charge is 0.390 e. The van der Waals surface area contributed by atoms with E-state index in [1.54, 1.807) is 12.1 Å². The molecule has 2 unspecified atom stereocenters. The molecule has 0 aromatic heterocycles. The van der Waals surface area contributed by atoms with Gasteiger partial charge in [0.2, 0.25) is 0 Å². The van der Waals surface area contributed by atoms with Gasteiger partial charge in [0.05, 0.1) is 22.3 Å². The first-order valence-corrected chi connectivity index (χ1v) is 7.05. The molecule has 18 heavy (non-hydrogen) atoms. The molecule has 0 amide bonds. The van der Waals surface area contributed by atoms with Crippen molar-refractivity contribution in [3.63, 3.8) is 0 Å². The minimum absolute atomic E-state index is 0.128. The molecule has 0 heterocycles. The van der Waals surface area contributed by atoms with Crippen LogP contribution in [0.15, 0.2) is 18.2 Å². The Morgan fingerprint density at radius 1 is 1.06 bits per heavy atom. The first kappa shape index (κ1) is 15.8. The van der Waals surface area contributed by atoms with Crippen LogP contribution in [0.5, 0.6) is 0 Å². The number of aliphatic hydroxyl groups is 2. The van der Waals surface area contributed by atoms with E-state index in [9.17, 15) is 10.2 Å². The Kier molecular flexibility index (Phi) is 6.44. The fourth-order valence-electron chi connectivity index (χ4n) is 2.11. The molecule has 102 valence electrons. The van der Waals surface area contributed by atoms with E-state index in [1.165, 1.54) is 0 Å². The Hall–Kier alpha value is -0.280. The molecule has 0 bridgehead atoms. The van der Waals surface area contributed by atoms with Crippen LogP contribution in [0.3, 0.4) is 0 Å². The predicted octanol–water partition coefficient (Wildman–Crippen LogP) is 3.69. The second kappa shape index (κ2) is 7.34. The van der Waals surface area contributed by atoms with Gasteiger partial charge in [-0.25, -0.2) is 0 Å². The van der Waals surface area contributed by atoms with Gasteiger partial charge < -0.3 is 10.2 Å². The van der Waals surface area contributed by atoms with Crippen LogP contribution in [0.1, 0.15) is 32.3 Å². The number of hydrogen-bond acceptors (Lipinski definition) is 2. The Labute approximate surface area is 119 Å². The molecule has 0 saturated carbocycles. The highest BCUT2D eigenvalue weighted by Gasteiger charge is 2.23. The summed E-state index contributed by atoms with van der Waals surface area (Å²) in [7, 11) is 0. The van der Waals surface area contributed by atoms with E-state index in [4.69, 9.17) is 23.2 Å². The Bertz CT molecular complexity index is 378. The second-order valence-corrected chi connectivity index (χ2v) is 5.40. The van der Waals surface area contributed by atoms with E-state index in [2.05, 4.69) is 0 Å². The van der Waals surface area contributed by atoms with E-state index in [0.29, 0.717) is 16.5 Å². The highest BCUT2D eigenvalue weighted by molar-refractivity contribution is 6.42. The summed E-state index contributed by atoms with van der Waals surface area (Å²) in [6.07, 6.45) is 0.627. The van der Waals surface area contributed by atoms with Gasteiger partial charge in [0.25, 0.3) is 0 Å². The number of benzene rings is 1. The summed E-state index contributed by atoms with van der Waals surface area (Å²) in [6, 6.07) is 5.25. The van der Waals surface area contributed by atoms with E-state index >= 15 is 0 Å². The first-order chi connectivity index (χ1) is 8.49. The fraction of sp³-hybridized carbons (Fsp3) is 0.571. The van der Waals surface area contributed by atoms with Gasteiger partial charge in [-0.1, -0.05) is 56.0 Å². The Morgan fingerprint density at radius 3 is 2.17 bits per heavy atom. The standard InChI is InChI=1S/C14H20Cl2O2/c1-3-10(4-2)14(18)13(17)8-9-5-6-11(15)12(16)7-9/h5-7,10,13-14,17-18H,3-4,8H2,1-2H3. The maximum absolute atomic E-state index is 10.1. The number of aliphatic hydroxyl groups excluding tert-OH is 2. The molecule has 4 heteroatoms. The molecular weight excluding hydrogens is 271 g/mol. The lowest BCUT2D eigenvalue weighted by Gasteiger charge is -2.25. The van der Waals surface area contributed by atoms with Crippen LogP contribution in [-0.2, 0) is 6.42 Å². The van der Waals surface area contributed by atoms with E-state index in [0.717, 1.165) is 18.4 Å². The SMILES string of the molecule is CCC(CC)C(O)C(O)Cc1ccc(Cl)c(Cl)c1. The molecule has 0 aliphatic rings. The van der Waals surface area contributed by atoms with Crippen molar-refractivity contribution in [1.29, 1.82) is 0 Å². The number of halogens is 2. The van der Waals surface area contributed by atoms with E-state index in [-0.39, 0.29) is 5.92 Å². The van der Waals surface area contributed by atoms with Crippen molar-refractivity contribution < 1.29 is 10.2 Å². The van der Waals surface area contributed by atoms with Gasteiger partial charge in [0, 0.05) is 6.42 Å². The molecule has 0 aliphatic heterocycles. The lowest BCUT2D eigenvalue weighted by Crippen LogP contribution is -2.34. The molecule has 0 radical (unpaired) electrons. The third-order valence-electron chi connectivity index (χ3n) is 3.35. The lowest BCUT2D eigenvalue weighted by molar-refractivity contribution is -0.0187. The van der Waals surface area contributed by atoms with E-state index in [1.807, 2.05) is 19.9 Å². The molecule has 0 fully saturated rings. The molecule has 1 aromatic carbocycles. The molecule has 0 aliphatic carbocycles. The third-order valence-corrected chi connectivity index (χ3v) is 4.09. The lowest BCUT2D eigenvalue weighted by atomic mass is 9.90. The van der Waals surface area contributed by atoms with Gasteiger partial charge in [0.1, 0.15) is 0 Å². The average Bonchev–Trinajstić information content (AvgIpc) is 2.35. The minimum Gasteiger partial charge on any atom is -0.390 e. The van der Waals surface area contributed by atoms with E-state index < -0.39 is 12.2 Å². The summed E-state index contributed by atoms with van der Waals surface area (Å²) in [5, 5.41) is 21.1. The van der Waals surface area contributed by atoms with Gasteiger partial charge in [0.15, 0.2) is 0 Å². The van der Waals surface area contributed by atoms with Crippen molar-refractivity contribution in [2.24, 2.45) is 5.92 Å². The molecular formula is C14H20Cl2O2. The summed E-state index contributed by atoms with van der Waals surface area (Å²) in [4.78, 5) is 0. The van der Waals surface area contributed by atoms with Gasteiger partial charge in [-0.2, -0.15) is 0 Å². The number of rotatable bonds is 6. The zero-order chi connectivity index (χ0) is 13.7. The maximum Gasteiger partial charge on any atom is 0.0842 e. The molecule has 1 aromatic rings. The fourth-order valence-corrected chi connectivity index (χ4v) is 2.44. The van der Waals surface area contributed by atoms with Crippen molar-refractivity contribution in [3.8, 4) is 0 Å². The van der Waals surface area contributed by atoms with Gasteiger partial charge in [-0.15, -0.1) is 0 Å². The van der Waals surface area contributed by atoms with Crippen LogP contribution in [-0.4, -0.2) is 22.4 Å². The Morgan fingerprint density at radius 2 is 1.67 bits per heavy atom. The summed E-state index contributed by atoms with van der Waals surface area (Å²) < 4.78 is 0. The minimum atomic E-state index is -0.771. The highest BCUT2D eigenvalue weighted by Crippen LogP contribution is 2.24. The molecule has 2 nitrogen and oxygen atoms in total. The molecule has 1 rings (SSSR count). The van der Waals surface area contributed by atoms with Crippen LogP contribution in [0.25, 0.3) is 0 Å². The van der Waals surface area contributed by atoms with Crippen LogP contribution in [0, 0.1) is 5.92 Å². The van der Waals surface area contributed by atoms with Gasteiger partial charge in [-0.3, -0.25) is 0 Å². The number of hydrogen-bond donors (Lipinski definition) is 2. The predicted molar refractivity (Wildman–Crippen MR) is 76.3 cm³/mol. The Balaban J connectivity index is 2.68. The third kappa shape index (κ3) is 4.13. The normalized spacial score (nSPS) is 14.8. The zero-order valence-corrected chi connectivity index (χ0v) is 12.2. The van der Waals surface area contributed by atoms with Crippen molar-refractivity contribution in [1.82, 2.24) is 0 Å². The van der Waals surface area contributed by atoms with Crippen LogP contribution >= 0.6 is 23.2 Å². The highest BCUT2D eigenvalue weighted by atomic mass is 35.5. The van der Waals surface area contributed by atoms with Crippen LogP contribution in [0.2, 0.25) is 10.0 Å². The average molecular weight is 291 g/mol. The topological polar surface area (TPSA) is 40.5 Å². The summed E-state index contributed by atoms with van der Waals surface area (Å²) in [5.74, 6) is 0.128. The molecule has 2 atom stereocenters. The first-order valence-electron chi connectivity index (χ1n) is 6.29. The smallest absolute Gasteiger partial charge is 0.0842 e. The van der Waals surface area contributed by atoms with Crippen LogP contribution < -0.4 is 0 Å². The van der Waals surface area contributed by atoms with Crippen LogP contribution in [0.4, 0.5) is 0 Å². The summed E-state index contributed by atoms with van der Waals surface area (Å²) >= 11 is 11.7. The van der Waals surface area contributed by atoms with Crippen molar-refractivity contribution in [2.75, 3.05) is 0 Å². The summed E-state index contributed by atoms with van der Waals surface area (Å²) in [6.45, 7) is 4.03. The zero-order valence-electron chi connectivity index (χ0n) is 10.7. The summed E-state index contributed by atoms with van der Waals surface area (Å²) in [5.41, 5.74) is 0.877. The second-order valence-electron chi connectivity index (χ2n) is 4.59. The molecule has 0 spiro atoms. The molecule has 0 saturated heterocycles. The van der Waals surface area contributed by atoms with Crippen molar-refractivity contribution in [3.05, 3.63) is 33.8 Å². The van der Waals surface area contributed by atoms with Gasteiger partial charge in [-0.05, 0) is 23.6 Å². The van der Waals surface area contributed by atoms with Crippen molar-refractivity contribution in [2.45, 2.75) is 45.3 Å². The van der Waals surface area contributed by atoms with Crippen molar-refractivity contribution >= 4 is 23.2 Å². The molecule has 2 N–H and O–H groups in total. The quantitative estimate of drug-likeness (QED) is 0.839. The van der Waals surface area contributed by atoms with Gasteiger partial charge >= 0.3 is 0 Å².